The van der Waals surface area contributed by atoms with Crippen LogP contribution < -0.4 is 5.32 Å². The number of hydrogen-bond acceptors (Lipinski definition) is 3. The predicted molar refractivity (Wildman–Crippen MR) is 67.9 cm³/mol. The molecule has 1 N–H and O–H groups in total. The topological polar surface area (TPSA) is 39.1 Å². The van der Waals surface area contributed by atoms with Gasteiger partial charge in [-0.2, -0.15) is 5.10 Å². The number of aromatic nitrogens is 2. The Morgan fingerprint density at radius 3 is 2.71 bits per heavy atom. The average Bonchev–Trinajstić information content (AvgIpc) is 2.68. The zero-order valence-corrected chi connectivity index (χ0v) is 11.4. The molecule has 1 aromatic rings. The smallest absolute Gasteiger partial charge is 0.0857 e. The monoisotopic (exact) mass is 237 g/mol. The molecule has 0 amide bonds. The van der Waals surface area contributed by atoms with Crippen LogP contribution in [0.15, 0.2) is 12.3 Å². The summed E-state index contributed by atoms with van der Waals surface area (Å²) in [5.74, 6) is 0. The van der Waals surface area contributed by atoms with Gasteiger partial charge < -0.3 is 10.1 Å². The summed E-state index contributed by atoms with van der Waals surface area (Å²) in [7, 11) is 1.94. The van der Waals surface area contributed by atoms with Gasteiger partial charge in [-0.25, -0.2) is 0 Å². The first kappa shape index (κ1) is 12.6. The van der Waals surface area contributed by atoms with Crippen LogP contribution in [0.1, 0.15) is 45.9 Å². The van der Waals surface area contributed by atoms with Crippen LogP contribution >= 0.6 is 0 Å². The van der Waals surface area contributed by atoms with Crippen molar-refractivity contribution in [3.05, 3.63) is 18.0 Å². The van der Waals surface area contributed by atoms with E-state index in [1.54, 1.807) is 0 Å². The SMILES string of the molecule is CNCc1ccn(C2CC(C)(C)OC2(C)C)n1. The lowest BCUT2D eigenvalue weighted by Gasteiger charge is -2.27. The Kier molecular flexibility index (Phi) is 3.04. The first-order valence-electron chi connectivity index (χ1n) is 6.23. The third-order valence-corrected chi connectivity index (χ3v) is 3.37. The van der Waals surface area contributed by atoms with E-state index in [0.717, 1.165) is 18.7 Å². The summed E-state index contributed by atoms with van der Waals surface area (Å²) in [6, 6.07) is 2.38. The van der Waals surface area contributed by atoms with Crippen LogP contribution in [0.4, 0.5) is 0 Å². The molecule has 2 heterocycles. The van der Waals surface area contributed by atoms with Crippen molar-refractivity contribution in [1.29, 1.82) is 0 Å². The summed E-state index contributed by atoms with van der Waals surface area (Å²) in [6.07, 6.45) is 3.06. The van der Waals surface area contributed by atoms with Gasteiger partial charge in [-0.1, -0.05) is 0 Å². The molecule has 0 radical (unpaired) electrons. The lowest BCUT2D eigenvalue weighted by atomic mass is 9.95. The summed E-state index contributed by atoms with van der Waals surface area (Å²) in [6.45, 7) is 9.39. The van der Waals surface area contributed by atoms with Crippen LogP contribution in [0, 0.1) is 0 Å². The Morgan fingerprint density at radius 2 is 2.18 bits per heavy atom. The number of nitrogens with one attached hydrogen (secondary N) is 1. The van der Waals surface area contributed by atoms with Crippen molar-refractivity contribution in [3.8, 4) is 0 Å². The molecule has 96 valence electrons. The van der Waals surface area contributed by atoms with Crippen molar-refractivity contribution in [3.63, 3.8) is 0 Å². The van der Waals surface area contributed by atoms with Gasteiger partial charge in [-0.3, -0.25) is 4.68 Å². The second-order valence-corrected chi connectivity index (χ2v) is 6.00. The molecule has 2 rings (SSSR count). The minimum Gasteiger partial charge on any atom is -0.367 e. The third kappa shape index (κ3) is 2.53. The van der Waals surface area contributed by atoms with Crippen molar-refractivity contribution in [2.45, 2.75) is 57.9 Å². The fraction of sp³-hybridized carbons (Fsp3) is 0.769. The van der Waals surface area contributed by atoms with E-state index < -0.39 is 0 Å². The standard InChI is InChI=1S/C13H23N3O/c1-12(2)8-11(13(3,4)17-12)16-7-6-10(15-16)9-14-5/h6-7,11,14H,8-9H2,1-5H3. The third-order valence-electron chi connectivity index (χ3n) is 3.37. The molecule has 1 aromatic heterocycles. The second-order valence-electron chi connectivity index (χ2n) is 6.00. The average molecular weight is 237 g/mol. The van der Waals surface area contributed by atoms with Crippen molar-refractivity contribution in [1.82, 2.24) is 15.1 Å². The zero-order valence-electron chi connectivity index (χ0n) is 11.4. The summed E-state index contributed by atoms with van der Waals surface area (Å²) in [4.78, 5) is 0. The maximum atomic E-state index is 6.10. The molecule has 0 aromatic carbocycles. The second kappa shape index (κ2) is 4.10. The summed E-state index contributed by atoms with van der Waals surface area (Å²) < 4.78 is 8.15. The van der Waals surface area contributed by atoms with E-state index >= 15 is 0 Å². The van der Waals surface area contributed by atoms with Gasteiger partial charge in [0, 0.05) is 19.2 Å². The predicted octanol–water partition coefficient (Wildman–Crippen LogP) is 2.12. The molecule has 1 saturated heterocycles. The van der Waals surface area contributed by atoms with Gasteiger partial charge in [0.1, 0.15) is 0 Å². The van der Waals surface area contributed by atoms with Gasteiger partial charge >= 0.3 is 0 Å². The molecule has 4 nitrogen and oxygen atoms in total. The lowest BCUT2D eigenvalue weighted by molar-refractivity contribution is -0.0737. The Bertz CT molecular complexity index is 395. The van der Waals surface area contributed by atoms with Crippen LogP contribution in [0.5, 0.6) is 0 Å². The van der Waals surface area contributed by atoms with Crippen LogP contribution in [0.25, 0.3) is 0 Å². The van der Waals surface area contributed by atoms with Gasteiger partial charge in [0.2, 0.25) is 0 Å². The van der Waals surface area contributed by atoms with Crippen LogP contribution in [0.3, 0.4) is 0 Å². The van der Waals surface area contributed by atoms with E-state index in [9.17, 15) is 0 Å². The molecule has 17 heavy (non-hydrogen) atoms. The first-order valence-corrected chi connectivity index (χ1v) is 6.23. The molecule has 0 aliphatic carbocycles. The Hall–Kier alpha value is -0.870. The summed E-state index contributed by atoms with van der Waals surface area (Å²) in [5, 5.41) is 7.74. The minimum atomic E-state index is -0.160. The van der Waals surface area contributed by atoms with Gasteiger partial charge in [0.25, 0.3) is 0 Å². The molecule has 0 spiro atoms. The van der Waals surface area contributed by atoms with Crippen molar-refractivity contribution in [2.24, 2.45) is 0 Å². The fourth-order valence-electron chi connectivity index (χ4n) is 2.77. The fourth-order valence-corrected chi connectivity index (χ4v) is 2.77. The molecular formula is C13H23N3O. The number of rotatable bonds is 3. The normalized spacial score (nSPS) is 26.3. The van der Waals surface area contributed by atoms with E-state index in [1.807, 2.05) is 7.05 Å². The van der Waals surface area contributed by atoms with E-state index in [0.29, 0.717) is 6.04 Å². The maximum absolute atomic E-state index is 6.10. The quantitative estimate of drug-likeness (QED) is 0.875. The minimum absolute atomic E-state index is 0.0662. The lowest BCUT2D eigenvalue weighted by Crippen LogP contribution is -2.31. The van der Waals surface area contributed by atoms with Crippen LogP contribution in [0.2, 0.25) is 0 Å². The van der Waals surface area contributed by atoms with E-state index in [2.05, 4.69) is 55.1 Å². The van der Waals surface area contributed by atoms with Crippen molar-refractivity contribution >= 4 is 0 Å². The highest BCUT2D eigenvalue weighted by Gasteiger charge is 2.47. The molecule has 1 fully saturated rings. The highest BCUT2D eigenvalue weighted by Crippen LogP contribution is 2.44. The van der Waals surface area contributed by atoms with E-state index in [1.165, 1.54) is 0 Å². The molecule has 4 heteroatoms. The molecule has 1 aliphatic heterocycles. The van der Waals surface area contributed by atoms with Crippen LogP contribution in [-0.2, 0) is 11.3 Å². The van der Waals surface area contributed by atoms with Gasteiger partial charge in [0.15, 0.2) is 0 Å². The maximum Gasteiger partial charge on any atom is 0.0857 e. The molecule has 1 atom stereocenters. The highest BCUT2D eigenvalue weighted by atomic mass is 16.5. The summed E-state index contributed by atoms with van der Waals surface area (Å²) >= 11 is 0. The molecule has 0 saturated carbocycles. The zero-order chi connectivity index (χ0) is 12.7. The Balaban J connectivity index is 2.21. The Labute approximate surface area is 103 Å². The van der Waals surface area contributed by atoms with E-state index in [-0.39, 0.29) is 11.2 Å². The summed E-state index contributed by atoms with van der Waals surface area (Å²) in [5.41, 5.74) is 0.850. The van der Waals surface area contributed by atoms with Crippen molar-refractivity contribution in [2.75, 3.05) is 7.05 Å². The largest absolute Gasteiger partial charge is 0.367 e. The number of ether oxygens (including phenoxy) is 1. The Morgan fingerprint density at radius 1 is 1.47 bits per heavy atom. The first-order chi connectivity index (χ1) is 7.84. The molecule has 1 aliphatic rings. The van der Waals surface area contributed by atoms with Gasteiger partial charge in [-0.15, -0.1) is 0 Å². The van der Waals surface area contributed by atoms with Crippen LogP contribution in [-0.4, -0.2) is 28.0 Å². The number of hydrogen-bond donors (Lipinski definition) is 1. The van der Waals surface area contributed by atoms with Gasteiger partial charge in [0.05, 0.1) is 22.9 Å². The number of nitrogens with zero attached hydrogens (tertiary/aromatic N) is 2. The highest BCUT2D eigenvalue weighted by molar-refractivity contribution is 5.04. The van der Waals surface area contributed by atoms with Gasteiger partial charge in [-0.05, 0) is 40.8 Å². The van der Waals surface area contributed by atoms with E-state index in [4.69, 9.17) is 4.74 Å². The van der Waals surface area contributed by atoms with Crippen molar-refractivity contribution < 1.29 is 4.74 Å². The molecule has 0 bridgehead atoms. The molecular weight excluding hydrogens is 214 g/mol. The molecule has 1 unspecified atom stereocenters.